The Kier molecular flexibility index (Phi) is 9.46. The monoisotopic (exact) mass is 508 g/mol. The second-order valence-corrected chi connectivity index (χ2v) is 11.6. The van der Waals surface area contributed by atoms with Crippen LogP contribution in [0.2, 0.25) is 0 Å². The third-order valence-electron chi connectivity index (χ3n) is 6.49. The van der Waals surface area contributed by atoms with Crippen LogP contribution >= 0.6 is 0 Å². The third-order valence-corrected chi connectivity index (χ3v) is 6.49. The molecule has 2 aromatic rings. The molecule has 2 N–H and O–H groups in total. The van der Waals surface area contributed by atoms with Crippen LogP contribution in [0, 0.1) is 11.3 Å². The maximum Gasteiger partial charge on any atom is 0.253 e. The molecule has 0 radical (unpaired) electrons. The van der Waals surface area contributed by atoms with Crippen LogP contribution in [-0.2, 0) is 4.79 Å². The lowest BCUT2D eigenvalue weighted by Gasteiger charge is -2.38. The van der Waals surface area contributed by atoms with Gasteiger partial charge in [-0.2, -0.15) is 0 Å². The van der Waals surface area contributed by atoms with E-state index in [2.05, 4.69) is 54.2 Å². The van der Waals surface area contributed by atoms with Gasteiger partial charge in [-0.15, -0.1) is 0 Å². The molecule has 1 aliphatic rings. The fourth-order valence-electron chi connectivity index (χ4n) is 5.14. The quantitative estimate of drug-likeness (QED) is 0.464. The Morgan fingerprint density at radius 2 is 1.57 bits per heavy atom. The number of amides is 2. The minimum atomic E-state index is -0.130. The molecule has 1 aliphatic heterocycles. The molecular formula is C30H44N4O3. The molecule has 0 saturated carbocycles. The van der Waals surface area contributed by atoms with Gasteiger partial charge in [-0.25, -0.2) is 0 Å². The number of piperazine rings is 1. The first-order chi connectivity index (χ1) is 17.5. The summed E-state index contributed by atoms with van der Waals surface area (Å²) in [4.78, 5) is 30.5. The van der Waals surface area contributed by atoms with Gasteiger partial charge in [0.1, 0.15) is 5.75 Å². The first-order valence-electron chi connectivity index (χ1n) is 13.3. The van der Waals surface area contributed by atoms with Crippen LogP contribution < -0.4 is 25.2 Å². The van der Waals surface area contributed by atoms with Crippen molar-refractivity contribution in [3.05, 3.63) is 48.0 Å². The van der Waals surface area contributed by atoms with E-state index in [9.17, 15) is 9.59 Å². The van der Waals surface area contributed by atoms with Crippen LogP contribution in [0.3, 0.4) is 0 Å². The minimum Gasteiger partial charge on any atom is -0.495 e. The summed E-state index contributed by atoms with van der Waals surface area (Å²) in [7, 11) is 1.69. The normalized spacial score (nSPS) is 14.9. The van der Waals surface area contributed by atoms with Gasteiger partial charge in [0.15, 0.2) is 0 Å². The van der Waals surface area contributed by atoms with Gasteiger partial charge < -0.3 is 25.2 Å². The van der Waals surface area contributed by atoms with E-state index in [0.717, 1.165) is 49.7 Å². The number of hydrogen-bond donors (Lipinski definition) is 2. The Labute approximate surface area is 222 Å². The van der Waals surface area contributed by atoms with Gasteiger partial charge in [-0.3, -0.25) is 9.59 Å². The topological polar surface area (TPSA) is 73.9 Å². The molecule has 37 heavy (non-hydrogen) atoms. The molecular weight excluding hydrogens is 464 g/mol. The molecule has 2 amide bonds. The van der Waals surface area contributed by atoms with E-state index in [1.807, 2.05) is 50.2 Å². The molecule has 1 atom stereocenters. The largest absolute Gasteiger partial charge is 0.495 e. The first-order valence-corrected chi connectivity index (χ1v) is 13.3. The lowest BCUT2D eigenvalue weighted by Crippen LogP contribution is -2.47. The van der Waals surface area contributed by atoms with Gasteiger partial charge in [0.05, 0.1) is 18.4 Å². The number of rotatable bonds is 9. The Balaban J connectivity index is 1.75. The fourth-order valence-corrected chi connectivity index (χ4v) is 5.14. The third kappa shape index (κ3) is 8.14. The highest BCUT2D eigenvalue weighted by Crippen LogP contribution is 2.31. The van der Waals surface area contributed by atoms with Crippen molar-refractivity contribution in [1.29, 1.82) is 0 Å². The Hall–Kier alpha value is -3.22. The average Bonchev–Trinajstić information content (AvgIpc) is 2.82. The number of anilines is 3. The molecule has 1 heterocycles. The molecule has 1 fully saturated rings. The van der Waals surface area contributed by atoms with Crippen LogP contribution in [0.1, 0.15) is 64.7 Å². The highest BCUT2D eigenvalue weighted by molar-refractivity contribution is 6.02. The highest BCUT2D eigenvalue weighted by atomic mass is 16.5. The van der Waals surface area contributed by atoms with E-state index in [1.165, 1.54) is 0 Å². The molecule has 202 valence electrons. The summed E-state index contributed by atoms with van der Waals surface area (Å²) in [6.07, 6.45) is 1.43. The highest BCUT2D eigenvalue weighted by Gasteiger charge is 2.24. The maximum absolute atomic E-state index is 13.2. The SMILES string of the molecule is COc1ccccc1N1CCN(c2ccc(NC(=O)CC(C)CC(C)(C)C)cc2C(=O)NC(C)C)CC1. The van der Waals surface area contributed by atoms with Crippen molar-refractivity contribution in [3.8, 4) is 5.75 Å². The predicted octanol–water partition coefficient (Wildman–Crippen LogP) is 5.56. The predicted molar refractivity (Wildman–Crippen MR) is 153 cm³/mol. The average molecular weight is 509 g/mol. The molecule has 7 nitrogen and oxygen atoms in total. The fraction of sp³-hybridized carbons (Fsp3) is 0.533. The first kappa shape index (κ1) is 28.4. The molecule has 0 aliphatic carbocycles. The standard InChI is InChI=1S/C30H44N4O3/c1-21(2)31-29(36)24-19-23(32-28(35)18-22(3)20-30(4,5)6)12-13-25(24)33-14-16-34(17-15-33)26-10-8-9-11-27(26)37-7/h8-13,19,21-22H,14-18,20H2,1-7H3,(H,31,36)(H,32,35). The molecule has 0 spiro atoms. The zero-order chi connectivity index (χ0) is 27.2. The van der Waals surface area contributed by atoms with Crippen molar-refractivity contribution in [2.24, 2.45) is 11.3 Å². The molecule has 3 rings (SSSR count). The van der Waals surface area contributed by atoms with E-state index in [1.54, 1.807) is 7.11 Å². The van der Waals surface area contributed by atoms with Gasteiger partial charge in [0.25, 0.3) is 5.91 Å². The summed E-state index contributed by atoms with van der Waals surface area (Å²) < 4.78 is 5.55. The molecule has 0 bridgehead atoms. The molecule has 7 heteroatoms. The van der Waals surface area contributed by atoms with Crippen molar-refractivity contribution in [1.82, 2.24) is 5.32 Å². The molecule has 2 aromatic carbocycles. The second-order valence-electron chi connectivity index (χ2n) is 11.6. The van der Waals surface area contributed by atoms with E-state index >= 15 is 0 Å². The van der Waals surface area contributed by atoms with E-state index < -0.39 is 0 Å². The van der Waals surface area contributed by atoms with Gasteiger partial charge in [-0.1, -0.05) is 39.8 Å². The maximum atomic E-state index is 13.2. The van der Waals surface area contributed by atoms with E-state index in [0.29, 0.717) is 17.7 Å². The summed E-state index contributed by atoms with van der Waals surface area (Å²) in [6, 6.07) is 13.7. The summed E-state index contributed by atoms with van der Waals surface area (Å²) >= 11 is 0. The van der Waals surface area contributed by atoms with Crippen molar-refractivity contribution in [2.45, 2.75) is 60.4 Å². The number of ether oxygens (including phenoxy) is 1. The van der Waals surface area contributed by atoms with Crippen molar-refractivity contribution in [2.75, 3.05) is 48.4 Å². The van der Waals surface area contributed by atoms with Gasteiger partial charge in [0.2, 0.25) is 5.91 Å². The number of hydrogen-bond acceptors (Lipinski definition) is 5. The number of carbonyl (C=O) groups is 2. The van der Waals surface area contributed by atoms with Crippen LogP contribution in [0.5, 0.6) is 5.75 Å². The number of benzene rings is 2. The zero-order valence-electron chi connectivity index (χ0n) is 23.6. The number of carbonyl (C=O) groups excluding carboxylic acids is 2. The lowest BCUT2D eigenvalue weighted by molar-refractivity contribution is -0.117. The number of nitrogens with zero attached hydrogens (tertiary/aromatic N) is 2. The van der Waals surface area contributed by atoms with Crippen LogP contribution in [0.4, 0.5) is 17.1 Å². The van der Waals surface area contributed by atoms with E-state index in [-0.39, 0.29) is 29.2 Å². The summed E-state index contributed by atoms with van der Waals surface area (Å²) in [5, 5.41) is 6.04. The molecule has 1 unspecified atom stereocenters. The number of nitrogens with one attached hydrogen (secondary N) is 2. The number of para-hydroxylation sites is 2. The van der Waals surface area contributed by atoms with Crippen molar-refractivity contribution < 1.29 is 14.3 Å². The molecule has 1 saturated heterocycles. The van der Waals surface area contributed by atoms with Crippen LogP contribution in [0.25, 0.3) is 0 Å². The zero-order valence-corrected chi connectivity index (χ0v) is 23.6. The summed E-state index contributed by atoms with van der Waals surface area (Å²) in [6.45, 7) is 15.8. The Morgan fingerprint density at radius 1 is 0.946 bits per heavy atom. The summed E-state index contributed by atoms with van der Waals surface area (Å²) in [5.74, 6) is 0.992. The van der Waals surface area contributed by atoms with E-state index in [4.69, 9.17) is 4.74 Å². The van der Waals surface area contributed by atoms with Crippen molar-refractivity contribution in [3.63, 3.8) is 0 Å². The summed E-state index contributed by atoms with van der Waals surface area (Å²) in [5.41, 5.74) is 3.38. The van der Waals surface area contributed by atoms with Crippen molar-refractivity contribution >= 4 is 28.9 Å². The van der Waals surface area contributed by atoms with Gasteiger partial charge in [-0.05, 0) is 61.9 Å². The Morgan fingerprint density at radius 3 is 2.16 bits per heavy atom. The van der Waals surface area contributed by atoms with Crippen LogP contribution in [-0.4, -0.2) is 51.1 Å². The Bertz CT molecular complexity index is 1070. The second kappa shape index (κ2) is 12.3. The minimum absolute atomic E-state index is 0.0132. The smallest absolute Gasteiger partial charge is 0.253 e. The number of methoxy groups -OCH3 is 1. The molecule has 0 aromatic heterocycles. The van der Waals surface area contributed by atoms with Gasteiger partial charge >= 0.3 is 0 Å². The lowest BCUT2D eigenvalue weighted by atomic mass is 9.84. The van der Waals surface area contributed by atoms with Gasteiger partial charge in [0, 0.05) is 50.0 Å². The van der Waals surface area contributed by atoms with Crippen LogP contribution in [0.15, 0.2) is 42.5 Å².